The molecule has 0 spiro atoms. The van der Waals surface area contributed by atoms with Crippen LogP contribution >= 0.6 is 11.6 Å². The van der Waals surface area contributed by atoms with Gasteiger partial charge in [-0.2, -0.15) is 0 Å². The molecule has 1 aliphatic heterocycles. The summed E-state index contributed by atoms with van der Waals surface area (Å²) in [6, 6.07) is 24.6. The summed E-state index contributed by atoms with van der Waals surface area (Å²) in [6.07, 6.45) is 0. The van der Waals surface area contributed by atoms with Crippen molar-refractivity contribution >= 4 is 40.8 Å². The quantitative estimate of drug-likeness (QED) is 0.318. The highest BCUT2D eigenvalue weighted by atomic mass is 35.5. The average molecular weight is 544 g/mol. The maximum atomic E-state index is 13.2. The summed E-state index contributed by atoms with van der Waals surface area (Å²) < 4.78 is 10.7. The van der Waals surface area contributed by atoms with Gasteiger partial charge in [-0.3, -0.25) is 9.59 Å². The zero-order valence-corrected chi connectivity index (χ0v) is 22.0. The third-order valence-electron chi connectivity index (χ3n) is 6.55. The highest BCUT2D eigenvalue weighted by Crippen LogP contribution is 2.30. The van der Waals surface area contributed by atoms with Gasteiger partial charge in [0.05, 0.1) is 24.0 Å². The first-order valence-electron chi connectivity index (χ1n) is 12.4. The fourth-order valence-corrected chi connectivity index (χ4v) is 4.61. The molecule has 198 valence electrons. The van der Waals surface area contributed by atoms with Crippen LogP contribution in [0.2, 0.25) is 5.02 Å². The van der Waals surface area contributed by atoms with Crippen LogP contribution in [0.5, 0.6) is 0 Å². The summed E-state index contributed by atoms with van der Waals surface area (Å²) in [7, 11) is 1.30. The number of ether oxygens (including phenoxy) is 1. The topological polar surface area (TPSA) is 92.1 Å². The molecule has 0 aliphatic carbocycles. The third kappa shape index (κ3) is 5.81. The summed E-state index contributed by atoms with van der Waals surface area (Å²) in [5, 5.41) is 3.50. The monoisotopic (exact) mass is 543 g/mol. The summed E-state index contributed by atoms with van der Waals surface area (Å²) >= 11 is 5.97. The summed E-state index contributed by atoms with van der Waals surface area (Å²) in [6.45, 7) is 2.14. The molecule has 5 rings (SSSR count). The Hall–Kier alpha value is -4.56. The molecule has 1 aromatic heterocycles. The van der Waals surface area contributed by atoms with Gasteiger partial charge in [-0.1, -0.05) is 29.8 Å². The van der Waals surface area contributed by atoms with Crippen molar-refractivity contribution in [2.75, 3.05) is 43.5 Å². The molecule has 1 aliphatic rings. The second kappa shape index (κ2) is 11.4. The maximum absolute atomic E-state index is 13.2. The Labute approximate surface area is 230 Å². The van der Waals surface area contributed by atoms with Crippen LogP contribution in [-0.4, -0.2) is 56.0 Å². The van der Waals surface area contributed by atoms with Gasteiger partial charge in [0.2, 0.25) is 0 Å². The molecule has 0 unspecified atom stereocenters. The lowest BCUT2D eigenvalue weighted by Crippen LogP contribution is -2.49. The predicted molar refractivity (Wildman–Crippen MR) is 149 cm³/mol. The van der Waals surface area contributed by atoms with E-state index in [1.165, 1.54) is 7.11 Å². The number of benzene rings is 3. The zero-order valence-electron chi connectivity index (χ0n) is 21.2. The zero-order chi connectivity index (χ0) is 27.4. The number of nitrogens with zero attached hydrogens (tertiary/aromatic N) is 2. The third-order valence-corrected chi connectivity index (χ3v) is 6.80. The number of piperazine rings is 1. The molecule has 1 fully saturated rings. The van der Waals surface area contributed by atoms with Crippen LogP contribution < -0.4 is 10.2 Å². The van der Waals surface area contributed by atoms with Gasteiger partial charge in [0.15, 0.2) is 5.76 Å². The molecular formula is C30H26ClN3O5. The second-order valence-corrected chi connectivity index (χ2v) is 9.43. The largest absolute Gasteiger partial charge is 0.465 e. The van der Waals surface area contributed by atoms with Crippen molar-refractivity contribution in [3.05, 3.63) is 107 Å². The number of amides is 2. The normalized spacial score (nSPS) is 13.2. The number of halogens is 1. The maximum Gasteiger partial charge on any atom is 0.337 e. The number of methoxy groups -OCH3 is 1. The molecule has 1 saturated heterocycles. The molecule has 0 saturated carbocycles. The van der Waals surface area contributed by atoms with Gasteiger partial charge < -0.3 is 24.3 Å². The van der Waals surface area contributed by atoms with E-state index in [9.17, 15) is 14.4 Å². The number of esters is 1. The molecule has 2 heterocycles. The van der Waals surface area contributed by atoms with E-state index in [0.717, 1.165) is 11.3 Å². The number of hydrogen-bond donors (Lipinski definition) is 1. The van der Waals surface area contributed by atoms with Crippen molar-refractivity contribution < 1.29 is 23.5 Å². The van der Waals surface area contributed by atoms with Gasteiger partial charge in [-0.05, 0) is 66.7 Å². The first-order valence-corrected chi connectivity index (χ1v) is 12.8. The standard InChI is InChI=1S/C30H26ClN3O5/c1-38-30(37)22-9-12-25(33-15-17-34(18-16-33)29(36)21-5-3-2-4-6-21)24(19-22)32-28(35)27-14-13-26(39-27)20-7-10-23(31)11-8-20/h2-14,19H,15-18H2,1H3,(H,32,35). The van der Waals surface area contributed by atoms with Gasteiger partial charge in [0, 0.05) is 42.3 Å². The molecule has 8 nitrogen and oxygen atoms in total. The van der Waals surface area contributed by atoms with E-state index in [1.807, 2.05) is 35.2 Å². The van der Waals surface area contributed by atoms with E-state index in [4.69, 9.17) is 20.8 Å². The van der Waals surface area contributed by atoms with E-state index < -0.39 is 11.9 Å². The fraction of sp³-hybridized carbons (Fsp3) is 0.167. The van der Waals surface area contributed by atoms with Gasteiger partial charge in [-0.25, -0.2) is 4.79 Å². The van der Waals surface area contributed by atoms with Crippen LogP contribution in [0.4, 0.5) is 11.4 Å². The number of nitrogens with one attached hydrogen (secondary N) is 1. The molecular weight excluding hydrogens is 518 g/mol. The summed E-state index contributed by atoms with van der Waals surface area (Å²) in [5.41, 5.74) is 2.91. The molecule has 39 heavy (non-hydrogen) atoms. The van der Waals surface area contributed by atoms with Gasteiger partial charge in [0.1, 0.15) is 5.76 Å². The van der Waals surface area contributed by atoms with Crippen molar-refractivity contribution in [3.63, 3.8) is 0 Å². The Balaban J connectivity index is 1.34. The van der Waals surface area contributed by atoms with E-state index in [1.54, 1.807) is 54.6 Å². The molecule has 0 atom stereocenters. The second-order valence-electron chi connectivity index (χ2n) is 8.99. The summed E-state index contributed by atoms with van der Waals surface area (Å²) in [5.74, 6) is -0.346. The summed E-state index contributed by atoms with van der Waals surface area (Å²) in [4.78, 5) is 42.2. The van der Waals surface area contributed by atoms with Crippen molar-refractivity contribution in [2.45, 2.75) is 0 Å². The SMILES string of the molecule is COC(=O)c1ccc(N2CCN(C(=O)c3ccccc3)CC2)c(NC(=O)c2ccc(-c3ccc(Cl)cc3)o2)c1. The molecule has 3 aromatic carbocycles. The molecule has 1 N–H and O–H groups in total. The Bertz CT molecular complexity index is 1490. The number of anilines is 2. The van der Waals surface area contributed by atoms with Crippen LogP contribution in [0, 0.1) is 0 Å². The van der Waals surface area contributed by atoms with Crippen molar-refractivity contribution in [3.8, 4) is 11.3 Å². The van der Waals surface area contributed by atoms with E-state index in [0.29, 0.717) is 53.8 Å². The number of hydrogen-bond acceptors (Lipinski definition) is 6. The Morgan fingerprint density at radius 3 is 2.26 bits per heavy atom. The molecule has 0 radical (unpaired) electrons. The minimum atomic E-state index is -0.515. The average Bonchev–Trinajstić information content (AvgIpc) is 3.48. The van der Waals surface area contributed by atoms with Gasteiger partial charge in [-0.15, -0.1) is 0 Å². The first-order chi connectivity index (χ1) is 18.9. The van der Waals surface area contributed by atoms with Crippen molar-refractivity contribution in [1.82, 2.24) is 4.90 Å². The number of carbonyl (C=O) groups excluding carboxylic acids is 3. The van der Waals surface area contributed by atoms with Crippen LogP contribution in [0.3, 0.4) is 0 Å². The highest BCUT2D eigenvalue weighted by molar-refractivity contribution is 6.30. The lowest BCUT2D eigenvalue weighted by atomic mass is 10.1. The smallest absolute Gasteiger partial charge is 0.337 e. The van der Waals surface area contributed by atoms with Crippen LogP contribution in [0.15, 0.2) is 89.3 Å². The van der Waals surface area contributed by atoms with Crippen LogP contribution in [0.25, 0.3) is 11.3 Å². The lowest BCUT2D eigenvalue weighted by Gasteiger charge is -2.37. The molecule has 2 amide bonds. The van der Waals surface area contributed by atoms with Crippen molar-refractivity contribution in [2.24, 2.45) is 0 Å². The molecule has 4 aromatic rings. The van der Waals surface area contributed by atoms with Gasteiger partial charge >= 0.3 is 5.97 Å². The van der Waals surface area contributed by atoms with Crippen LogP contribution in [0.1, 0.15) is 31.3 Å². The number of carbonyl (C=O) groups is 3. The highest BCUT2D eigenvalue weighted by Gasteiger charge is 2.25. The minimum absolute atomic E-state index is 0.0147. The van der Waals surface area contributed by atoms with E-state index >= 15 is 0 Å². The van der Waals surface area contributed by atoms with Gasteiger partial charge in [0.25, 0.3) is 11.8 Å². The Morgan fingerprint density at radius 2 is 1.56 bits per heavy atom. The number of furan rings is 1. The predicted octanol–water partition coefficient (Wildman–Crippen LogP) is 5.60. The minimum Gasteiger partial charge on any atom is -0.465 e. The van der Waals surface area contributed by atoms with E-state index in [2.05, 4.69) is 10.2 Å². The van der Waals surface area contributed by atoms with Crippen molar-refractivity contribution in [1.29, 1.82) is 0 Å². The Morgan fingerprint density at radius 1 is 0.846 bits per heavy atom. The fourth-order valence-electron chi connectivity index (χ4n) is 4.48. The Kier molecular flexibility index (Phi) is 7.65. The number of rotatable bonds is 6. The van der Waals surface area contributed by atoms with E-state index in [-0.39, 0.29) is 11.7 Å². The first kappa shape index (κ1) is 26.1. The molecule has 0 bridgehead atoms. The van der Waals surface area contributed by atoms with Crippen LogP contribution in [-0.2, 0) is 4.74 Å². The molecule has 9 heteroatoms. The lowest BCUT2D eigenvalue weighted by molar-refractivity contribution is 0.0600.